The van der Waals surface area contributed by atoms with Crippen LogP contribution in [-0.2, 0) is 11.2 Å². The van der Waals surface area contributed by atoms with E-state index >= 15 is 0 Å². The van der Waals surface area contributed by atoms with Gasteiger partial charge in [-0.2, -0.15) is 0 Å². The number of anilines is 1. The lowest BCUT2D eigenvalue weighted by atomic mass is 10.1. The van der Waals surface area contributed by atoms with Crippen LogP contribution < -0.4 is 5.32 Å². The van der Waals surface area contributed by atoms with E-state index in [1.165, 1.54) is 0 Å². The molecule has 0 amide bonds. The molecule has 0 aliphatic carbocycles. The van der Waals surface area contributed by atoms with E-state index in [-0.39, 0.29) is 6.42 Å². The number of hydrogen-bond acceptors (Lipinski definition) is 2. The normalized spacial score (nSPS) is 9.79. The highest BCUT2D eigenvalue weighted by Gasteiger charge is 2.00. The van der Waals surface area contributed by atoms with Gasteiger partial charge in [-0.1, -0.05) is 28.1 Å². The Bertz CT molecular complexity index is 315. The summed E-state index contributed by atoms with van der Waals surface area (Å²) in [6.07, 6.45) is 0.0732. The van der Waals surface area contributed by atoms with Crippen LogP contribution >= 0.6 is 15.9 Å². The van der Waals surface area contributed by atoms with Gasteiger partial charge in [0.1, 0.15) is 0 Å². The summed E-state index contributed by atoms with van der Waals surface area (Å²) >= 11 is 3.31. The van der Waals surface area contributed by atoms with Crippen LogP contribution in [0.3, 0.4) is 0 Å². The highest BCUT2D eigenvalue weighted by Crippen LogP contribution is 2.10. The summed E-state index contributed by atoms with van der Waals surface area (Å²) in [7, 11) is 0. The van der Waals surface area contributed by atoms with Gasteiger partial charge in [-0.25, -0.2) is 0 Å². The minimum Gasteiger partial charge on any atom is -0.481 e. The van der Waals surface area contributed by atoms with E-state index < -0.39 is 5.97 Å². The molecule has 14 heavy (non-hydrogen) atoms. The van der Waals surface area contributed by atoms with Crippen LogP contribution in [0.15, 0.2) is 24.3 Å². The fraction of sp³-hybridized carbons (Fsp3) is 0.300. The van der Waals surface area contributed by atoms with Crippen molar-refractivity contribution in [2.45, 2.75) is 6.42 Å². The lowest BCUT2D eigenvalue weighted by Gasteiger charge is -2.05. The molecule has 2 N–H and O–H groups in total. The zero-order chi connectivity index (χ0) is 10.4. The molecule has 0 aliphatic rings. The van der Waals surface area contributed by atoms with E-state index in [1.54, 1.807) is 0 Å². The van der Waals surface area contributed by atoms with Crippen LogP contribution in [0.5, 0.6) is 0 Å². The lowest BCUT2D eigenvalue weighted by molar-refractivity contribution is -0.136. The predicted molar refractivity (Wildman–Crippen MR) is 60.1 cm³/mol. The molecule has 1 rings (SSSR count). The number of rotatable bonds is 5. The molecular weight excluding hydrogens is 246 g/mol. The van der Waals surface area contributed by atoms with E-state index in [2.05, 4.69) is 21.2 Å². The van der Waals surface area contributed by atoms with Gasteiger partial charge in [-0.15, -0.1) is 0 Å². The topological polar surface area (TPSA) is 49.3 Å². The Morgan fingerprint density at radius 1 is 1.50 bits per heavy atom. The van der Waals surface area contributed by atoms with Gasteiger partial charge >= 0.3 is 5.97 Å². The highest BCUT2D eigenvalue weighted by molar-refractivity contribution is 9.09. The van der Waals surface area contributed by atoms with Gasteiger partial charge in [-0.3, -0.25) is 4.79 Å². The Hall–Kier alpha value is -1.03. The first-order valence-electron chi connectivity index (χ1n) is 4.33. The third kappa shape index (κ3) is 3.79. The summed E-state index contributed by atoms with van der Waals surface area (Å²) < 4.78 is 0. The van der Waals surface area contributed by atoms with E-state index in [9.17, 15) is 4.79 Å². The molecule has 0 spiro atoms. The van der Waals surface area contributed by atoms with Crippen molar-refractivity contribution in [1.82, 2.24) is 0 Å². The minimum atomic E-state index is -0.803. The Kier molecular flexibility index (Phi) is 4.46. The Labute approximate surface area is 91.3 Å². The maximum absolute atomic E-state index is 10.5. The fourth-order valence-electron chi connectivity index (χ4n) is 1.16. The van der Waals surface area contributed by atoms with Gasteiger partial charge in [0.2, 0.25) is 0 Å². The van der Waals surface area contributed by atoms with Crippen LogP contribution in [0.2, 0.25) is 0 Å². The SMILES string of the molecule is O=C(O)Cc1cccc(NCCBr)c1. The number of halogens is 1. The maximum atomic E-state index is 10.5. The minimum absolute atomic E-state index is 0.0732. The molecule has 1 aromatic carbocycles. The molecule has 76 valence electrons. The van der Waals surface area contributed by atoms with Gasteiger partial charge in [0.05, 0.1) is 6.42 Å². The van der Waals surface area contributed by atoms with Crippen LogP contribution in [-0.4, -0.2) is 23.0 Å². The lowest BCUT2D eigenvalue weighted by Crippen LogP contribution is -2.04. The number of aliphatic carboxylic acids is 1. The molecule has 0 bridgehead atoms. The van der Waals surface area contributed by atoms with E-state index in [4.69, 9.17) is 5.11 Å². The van der Waals surface area contributed by atoms with Crippen LogP contribution in [0.4, 0.5) is 5.69 Å². The number of carboxylic acids is 1. The van der Waals surface area contributed by atoms with E-state index in [0.717, 1.165) is 23.1 Å². The van der Waals surface area contributed by atoms with Crippen molar-refractivity contribution < 1.29 is 9.90 Å². The maximum Gasteiger partial charge on any atom is 0.307 e. The van der Waals surface area contributed by atoms with Gasteiger partial charge < -0.3 is 10.4 Å². The molecule has 0 heterocycles. The standard InChI is InChI=1S/C10H12BrNO2/c11-4-5-12-9-3-1-2-8(6-9)7-10(13)14/h1-3,6,12H,4-5,7H2,(H,13,14). The number of carbonyl (C=O) groups is 1. The van der Waals surface area contributed by atoms with Crippen molar-refractivity contribution in [2.75, 3.05) is 17.2 Å². The summed E-state index contributed by atoms with van der Waals surface area (Å²) in [6, 6.07) is 7.45. The second kappa shape index (κ2) is 5.65. The Morgan fingerprint density at radius 3 is 2.93 bits per heavy atom. The number of alkyl halides is 1. The first-order valence-corrected chi connectivity index (χ1v) is 5.45. The summed E-state index contributed by atoms with van der Waals surface area (Å²) in [5.41, 5.74) is 1.78. The molecule has 1 aromatic rings. The highest BCUT2D eigenvalue weighted by atomic mass is 79.9. The van der Waals surface area contributed by atoms with E-state index in [1.807, 2.05) is 24.3 Å². The average molecular weight is 258 g/mol. The van der Waals surface area contributed by atoms with Crippen molar-refractivity contribution >= 4 is 27.6 Å². The predicted octanol–water partition coefficient (Wildman–Crippen LogP) is 2.12. The average Bonchev–Trinajstić information content (AvgIpc) is 2.14. The molecule has 0 atom stereocenters. The number of hydrogen-bond donors (Lipinski definition) is 2. The quantitative estimate of drug-likeness (QED) is 0.795. The van der Waals surface area contributed by atoms with Gasteiger partial charge in [-0.05, 0) is 17.7 Å². The molecule has 0 fully saturated rings. The summed E-state index contributed by atoms with van der Waals surface area (Å²) in [6.45, 7) is 0.830. The molecule has 4 heteroatoms. The Morgan fingerprint density at radius 2 is 2.29 bits per heavy atom. The first-order chi connectivity index (χ1) is 6.72. The van der Waals surface area contributed by atoms with Gasteiger partial charge in [0.15, 0.2) is 0 Å². The van der Waals surface area contributed by atoms with Crippen LogP contribution in [0.1, 0.15) is 5.56 Å². The van der Waals surface area contributed by atoms with Crippen LogP contribution in [0, 0.1) is 0 Å². The van der Waals surface area contributed by atoms with Crippen molar-refractivity contribution in [3.63, 3.8) is 0 Å². The third-order valence-corrected chi connectivity index (χ3v) is 2.10. The molecular formula is C10H12BrNO2. The smallest absolute Gasteiger partial charge is 0.307 e. The van der Waals surface area contributed by atoms with Crippen molar-refractivity contribution in [3.05, 3.63) is 29.8 Å². The number of carboxylic acid groups (broad SMARTS) is 1. The largest absolute Gasteiger partial charge is 0.481 e. The summed E-state index contributed by atoms with van der Waals surface area (Å²) in [5, 5.41) is 12.6. The molecule has 0 aromatic heterocycles. The third-order valence-electron chi connectivity index (χ3n) is 1.71. The fourth-order valence-corrected chi connectivity index (χ4v) is 1.36. The monoisotopic (exact) mass is 257 g/mol. The second-order valence-corrected chi connectivity index (χ2v) is 3.68. The van der Waals surface area contributed by atoms with Crippen molar-refractivity contribution in [3.8, 4) is 0 Å². The molecule has 0 radical (unpaired) electrons. The zero-order valence-electron chi connectivity index (χ0n) is 7.66. The van der Waals surface area contributed by atoms with Gasteiger partial charge in [0, 0.05) is 17.6 Å². The molecule has 0 aliphatic heterocycles. The number of benzene rings is 1. The van der Waals surface area contributed by atoms with E-state index in [0.29, 0.717) is 0 Å². The van der Waals surface area contributed by atoms with Crippen molar-refractivity contribution in [1.29, 1.82) is 0 Å². The second-order valence-electron chi connectivity index (χ2n) is 2.89. The molecule has 0 saturated carbocycles. The molecule has 0 saturated heterocycles. The van der Waals surface area contributed by atoms with Crippen molar-refractivity contribution in [2.24, 2.45) is 0 Å². The van der Waals surface area contributed by atoms with Gasteiger partial charge in [0.25, 0.3) is 0 Å². The molecule has 0 unspecified atom stereocenters. The first kappa shape index (κ1) is 11.0. The number of nitrogens with one attached hydrogen (secondary N) is 1. The Balaban J connectivity index is 2.63. The zero-order valence-corrected chi connectivity index (χ0v) is 9.25. The summed E-state index contributed by atoms with van der Waals surface area (Å²) in [4.78, 5) is 10.5. The molecule has 3 nitrogen and oxygen atoms in total. The van der Waals surface area contributed by atoms with Crippen LogP contribution in [0.25, 0.3) is 0 Å². The summed E-state index contributed by atoms with van der Waals surface area (Å²) in [5.74, 6) is -0.803.